The largest absolute Gasteiger partial charge is 0.481 e. The van der Waals surface area contributed by atoms with Crippen LogP contribution in [0.15, 0.2) is 0 Å². The van der Waals surface area contributed by atoms with E-state index >= 15 is 0 Å². The lowest BCUT2D eigenvalue weighted by Gasteiger charge is -2.03. The van der Waals surface area contributed by atoms with Crippen molar-refractivity contribution in [1.82, 2.24) is 0 Å². The van der Waals surface area contributed by atoms with Gasteiger partial charge in [0.15, 0.2) is 0 Å². The third kappa shape index (κ3) is 10.4. The molecule has 0 saturated heterocycles. The maximum Gasteiger partial charge on any atom is 0.314 e. The summed E-state index contributed by atoms with van der Waals surface area (Å²) in [6.45, 7) is 1.08. The predicted molar refractivity (Wildman–Crippen MR) is 53.8 cm³/mol. The molecule has 0 aromatic rings. The standard InChI is InChI=1S/C10H14O7/c1-7(11)17-10(15)5-4-9(14)16-6-2-3-8(12)13/h2-6H2,1H3,(H,12,13). The lowest BCUT2D eigenvalue weighted by Crippen LogP contribution is -2.13. The molecule has 0 heterocycles. The molecule has 0 aliphatic heterocycles. The summed E-state index contributed by atoms with van der Waals surface area (Å²) in [5.74, 6) is -3.12. The van der Waals surface area contributed by atoms with Crippen molar-refractivity contribution in [2.45, 2.75) is 32.6 Å². The molecule has 0 unspecified atom stereocenters. The van der Waals surface area contributed by atoms with Crippen LogP contribution in [0, 0.1) is 0 Å². The highest BCUT2D eigenvalue weighted by atomic mass is 16.6. The number of esters is 3. The van der Waals surface area contributed by atoms with Crippen LogP contribution in [0.3, 0.4) is 0 Å². The summed E-state index contributed by atoms with van der Waals surface area (Å²) in [5, 5.41) is 8.31. The number of hydrogen-bond acceptors (Lipinski definition) is 6. The molecule has 0 aliphatic rings. The second-order valence-electron chi connectivity index (χ2n) is 3.18. The Morgan fingerprint density at radius 3 is 2.12 bits per heavy atom. The summed E-state index contributed by atoms with van der Waals surface area (Å²) >= 11 is 0. The fraction of sp³-hybridized carbons (Fsp3) is 0.600. The molecule has 0 aromatic carbocycles. The van der Waals surface area contributed by atoms with Crippen LogP contribution in [0.4, 0.5) is 0 Å². The van der Waals surface area contributed by atoms with E-state index in [-0.39, 0.29) is 32.3 Å². The van der Waals surface area contributed by atoms with Gasteiger partial charge in [0.25, 0.3) is 0 Å². The fourth-order valence-electron chi connectivity index (χ4n) is 0.897. The van der Waals surface area contributed by atoms with Crippen LogP contribution in [0.2, 0.25) is 0 Å². The Kier molecular flexibility index (Phi) is 7.32. The van der Waals surface area contributed by atoms with Gasteiger partial charge in [-0.05, 0) is 6.42 Å². The van der Waals surface area contributed by atoms with Gasteiger partial charge in [0.2, 0.25) is 0 Å². The summed E-state index contributed by atoms with van der Waals surface area (Å²) in [6.07, 6.45) is -0.296. The van der Waals surface area contributed by atoms with E-state index in [0.717, 1.165) is 6.92 Å². The van der Waals surface area contributed by atoms with Crippen LogP contribution in [-0.4, -0.2) is 35.6 Å². The Morgan fingerprint density at radius 2 is 1.59 bits per heavy atom. The van der Waals surface area contributed by atoms with Crippen molar-refractivity contribution in [3.05, 3.63) is 0 Å². The molecule has 0 amide bonds. The molecule has 0 aromatic heterocycles. The normalized spacial score (nSPS) is 9.47. The van der Waals surface area contributed by atoms with Crippen molar-refractivity contribution in [3.8, 4) is 0 Å². The maximum absolute atomic E-state index is 11.0. The number of carbonyl (C=O) groups excluding carboxylic acids is 3. The van der Waals surface area contributed by atoms with Crippen molar-refractivity contribution in [3.63, 3.8) is 0 Å². The van der Waals surface area contributed by atoms with Gasteiger partial charge < -0.3 is 14.6 Å². The molecule has 0 fully saturated rings. The van der Waals surface area contributed by atoms with Gasteiger partial charge in [0.05, 0.1) is 19.4 Å². The molecule has 1 N–H and O–H groups in total. The number of rotatable bonds is 7. The molecule has 7 heteroatoms. The van der Waals surface area contributed by atoms with E-state index < -0.39 is 23.9 Å². The maximum atomic E-state index is 11.0. The first-order chi connectivity index (χ1) is 7.91. The van der Waals surface area contributed by atoms with Crippen LogP contribution in [0.5, 0.6) is 0 Å². The Bertz CT molecular complexity index is 308. The Labute approximate surface area is 97.7 Å². The molecular formula is C10H14O7. The lowest BCUT2D eigenvalue weighted by atomic mass is 10.3. The second kappa shape index (κ2) is 8.26. The fourth-order valence-corrected chi connectivity index (χ4v) is 0.897. The van der Waals surface area contributed by atoms with Crippen LogP contribution >= 0.6 is 0 Å². The van der Waals surface area contributed by atoms with E-state index in [0.29, 0.717) is 0 Å². The lowest BCUT2D eigenvalue weighted by molar-refractivity contribution is -0.160. The van der Waals surface area contributed by atoms with Gasteiger partial charge in [-0.2, -0.15) is 0 Å². The van der Waals surface area contributed by atoms with Gasteiger partial charge in [-0.25, -0.2) is 0 Å². The quantitative estimate of drug-likeness (QED) is 0.390. The molecule has 0 spiro atoms. The van der Waals surface area contributed by atoms with Gasteiger partial charge in [0, 0.05) is 13.3 Å². The van der Waals surface area contributed by atoms with Gasteiger partial charge in [0.1, 0.15) is 0 Å². The number of aliphatic carboxylic acids is 1. The first-order valence-corrected chi connectivity index (χ1v) is 5.00. The van der Waals surface area contributed by atoms with Crippen LogP contribution in [0.1, 0.15) is 32.6 Å². The second-order valence-corrected chi connectivity index (χ2v) is 3.18. The zero-order valence-corrected chi connectivity index (χ0v) is 9.43. The molecule has 17 heavy (non-hydrogen) atoms. The predicted octanol–water partition coefficient (Wildman–Crippen LogP) is 0.264. The number of carboxylic acid groups (broad SMARTS) is 1. The minimum absolute atomic E-state index is 0.00705. The summed E-state index contributed by atoms with van der Waals surface area (Å²) < 4.78 is 8.85. The van der Waals surface area contributed by atoms with Crippen molar-refractivity contribution < 1.29 is 33.8 Å². The summed E-state index contributed by atoms with van der Waals surface area (Å²) in [5.41, 5.74) is 0. The minimum atomic E-state index is -0.967. The average molecular weight is 246 g/mol. The van der Waals surface area contributed by atoms with Crippen molar-refractivity contribution >= 4 is 23.9 Å². The molecule has 0 atom stereocenters. The Hall–Kier alpha value is -1.92. The highest BCUT2D eigenvalue weighted by molar-refractivity contribution is 5.86. The molecule has 96 valence electrons. The smallest absolute Gasteiger partial charge is 0.314 e. The first kappa shape index (κ1) is 15.1. The molecule has 0 aliphatic carbocycles. The van der Waals surface area contributed by atoms with E-state index in [1.807, 2.05) is 0 Å². The zero-order chi connectivity index (χ0) is 13.3. The van der Waals surface area contributed by atoms with E-state index in [1.165, 1.54) is 0 Å². The molecule has 0 rings (SSSR count). The van der Waals surface area contributed by atoms with E-state index in [9.17, 15) is 19.2 Å². The highest BCUT2D eigenvalue weighted by Gasteiger charge is 2.10. The number of hydrogen-bond donors (Lipinski definition) is 1. The topological polar surface area (TPSA) is 107 Å². The van der Waals surface area contributed by atoms with Crippen molar-refractivity contribution in [1.29, 1.82) is 0 Å². The summed E-state index contributed by atoms with van der Waals surface area (Å²) in [7, 11) is 0. The van der Waals surface area contributed by atoms with E-state index in [1.54, 1.807) is 0 Å². The Morgan fingerprint density at radius 1 is 1.00 bits per heavy atom. The van der Waals surface area contributed by atoms with Gasteiger partial charge in [-0.15, -0.1) is 0 Å². The van der Waals surface area contributed by atoms with E-state index in [2.05, 4.69) is 9.47 Å². The molecule has 0 radical (unpaired) electrons. The number of carbonyl (C=O) groups is 4. The van der Waals surface area contributed by atoms with Crippen LogP contribution in [-0.2, 0) is 28.7 Å². The van der Waals surface area contributed by atoms with Crippen molar-refractivity contribution in [2.24, 2.45) is 0 Å². The Balaban J connectivity index is 3.56. The summed E-state index contributed by atoms with van der Waals surface area (Å²) in [6, 6.07) is 0. The van der Waals surface area contributed by atoms with Gasteiger partial charge in [-0.1, -0.05) is 0 Å². The number of ether oxygens (including phenoxy) is 2. The summed E-state index contributed by atoms with van der Waals surface area (Å²) in [4.78, 5) is 42.4. The van der Waals surface area contributed by atoms with Crippen LogP contribution < -0.4 is 0 Å². The van der Waals surface area contributed by atoms with E-state index in [4.69, 9.17) is 5.11 Å². The van der Waals surface area contributed by atoms with Gasteiger partial charge in [-0.3, -0.25) is 19.2 Å². The molecule has 7 nitrogen and oxygen atoms in total. The third-order valence-corrected chi connectivity index (χ3v) is 1.59. The molecular weight excluding hydrogens is 232 g/mol. The average Bonchev–Trinajstić information content (AvgIpc) is 2.20. The SMILES string of the molecule is CC(=O)OC(=O)CCC(=O)OCCCC(=O)O. The first-order valence-electron chi connectivity index (χ1n) is 5.00. The number of carboxylic acids is 1. The van der Waals surface area contributed by atoms with Gasteiger partial charge >= 0.3 is 23.9 Å². The molecule has 0 saturated carbocycles. The highest BCUT2D eigenvalue weighted by Crippen LogP contribution is 1.98. The molecule has 0 bridgehead atoms. The van der Waals surface area contributed by atoms with Crippen LogP contribution in [0.25, 0.3) is 0 Å². The zero-order valence-electron chi connectivity index (χ0n) is 9.43. The monoisotopic (exact) mass is 246 g/mol. The van der Waals surface area contributed by atoms with Crippen molar-refractivity contribution in [2.75, 3.05) is 6.61 Å². The third-order valence-electron chi connectivity index (χ3n) is 1.59. The minimum Gasteiger partial charge on any atom is -0.481 e.